The van der Waals surface area contributed by atoms with Crippen LogP contribution >= 0.6 is 0 Å². The third-order valence-corrected chi connectivity index (χ3v) is 4.57. The number of ether oxygens (including phenoxy) is 1. The summed E-state index contributed by atoms with van der Waals surface area (Å²) in [6.45, 7) is 6.89. The van der Waals surface area contributed by atoms with Crippen LogP contribution in [0.4, 0.5) is 0 Å². The second-order valence-corrected chi connectivity index (χ2v) is 6.19. The lowest BCUT2D eigenvalue weighted by Crippen LogP contribution is -2.20. The van der Waals surface area contributed by atoms with Gasteiger partial charge in [0.15, 0.2) is 0 Å². The zero-order chi connectivity index (χ0) is 19.4. The molecule has 0 bridgehead atoms. The van der Waals surface area contributed by atoms with E-state index in [1.54, 1.807) is 19.2 Å². The van der Waals surface area contributed by atoms with Crippen LogP contribution in [-0.4, -0.2) is 28.3 Å². The summed E-state index contributed by atoms with van der Waals surface area (Å²) in [6, 6.07) is 13.2. The largest absolute Gasteiger partial charge is 0.497 e. The van der Waals surface area contributed by atoms with E-state index in [1.165, 1.54) is 0 Å². The first-order valence-electron chi connectivity index (χ1n) is 9.05. The van der Waals surface area contributed by atoms with Gasteiger partial charge in [0.2, 0.25) is 0 Å². The van der Waals surface area contributed by atoms with Crippen LogP contribution in [0.15, 0.2) is 47.6 Å². The Balaban J connectivity index is 1.80. The van der Waals surface area contributed by atoms with Gasteiger partial charge >= 0.3 is 0 Å². The number of imidazole rings is 1. The fraction of sp³-hybridized carbons (Fsp3) is 0.286. The van der Waals surface area contributed by atoms with Crippen LogP contribution in [-0.2, 0) is 6.54 Å². The molecule has 3 aromatic rings. The summed E-state index contributed by atoms with van der Waals surface area (Å²) in [7, 11) is 1.63. The molecular weight excluding hydrogens is 340 g/mol. The van der Waals surface area contributed by atoms with E-state index in [-0.39, 0.29) is 5.91 Å². The highest BCUT2D eigenvalue weighted by Gasteiger charge is 2.11. The van der Waals surface area contributed by atoms with Gasteiger partial charge in [-0.15, -0.1) is 0 Å². The number of rotatable bonds is 6. The molecule has 27 heavy (non-hydrogen) atoms. The smallest absolute Gasteiger partial charge is 0.271 e. The maximum Gasteiger partial charge on any atom is 0.271 e. The molecule has 6 heteroatoms. The van der Waals surface area contributed by atoms with Gasteiger partial charge in [0.1, 0.15) is 11.6 Å². The lowest BCUT2D eigenvalue weighted by atomic mass is 10.1. The zero-order valence-corrected chi connectivity index (χ0v) is 16.1. The summed E-state index contributed by atoms with van der Waals surface area (Å²) < 4.78 is 7.29. The van der Waals surface area contributed by atoms with Crippen molar-refractivity contribution in [1.29, 1.82) is 0 Å². The Morgan fingerprint density at radius 3 is 2.48 bits per heavy atom. The molecule has 0 unspecified atom stereocenters. The van der Waals surface area contributed by atoms with Gasteiger partial charge < -0.3 is 9.30 Å². The Morgan fingerprint density at radius 1 is 1.15 bits per heavy atom. The number of hydrogen-bond acceptors (Lipinski definition) is 4. The summed E-state index contributed by atoms with van der Waals surface area (Å²) in [5.41, 5.74) is 6.80. The van der Waals surface area contributed by atoms with Crippen molar-refractivity contribution in [2.75, 3.05) is 7.11 Å². The minimum atomic E-state index is -0.250. The van der Waals surface area contributed by atoms with Gasteiger partial charge in [0.25, 0.3) is 5.91 Å². The van der Waals surface area contributed by atoms with Gasteiger partial charge in [0.05, 0.1) is 23.9 Å². The highest BCUT2D eigenvalue weighted by atomic mass is 16.5. The normalized spacial score (nSPS) is 11.6. The van der Waals surface area contributed by atoms with Crippen molar-refractivity contribution in [2.24, 2.45) is 5.10 Å². The molecule has 2 aromatic carbocycles. The van der Waals surface area contributed by atoms with E-state index < -0.39 is 0 Å². The number of methoxy groups -OCH3 is 1. The monoisotopic (exact) mass is 364 g/mol. The third kappa shape index (κ3) is 3.84. The number of benzene rings is 2. The van der Waals surface area contributed by atoms with E-state index in [9.17, 15) is 4.79 Å². The molecule has 0 fully saturated rings. The minimum absolute atomic E-state index is 0.250. The summed E-state index contributed by atoms with van der Waals surface area (Å²) in [6.07, 6.45) is 0.700. The average Bonchev–Trinajstić information content (AvgIpc) is 3.02. The average molecular weight is 364 g/mol. The minimum Gasteiger partial charge on any atom is -0.497 e. The molecule has 6 nitrogen and oxygen atoms in total. The Morgan fingerprint density at radius 2 is 1.85 bits per heavy atom. The molecular formula is C21H24N4O2. The van der Waals surface area contributed by atoms with E-state index >= 15 is 0 Å². The van der Waals surface area contributed by atoms with E-state index in [4.69, 9.17) is 4.74 Å². The van der Waals surface area contributed by atoms with Gasteiger partial charge in [-0.05, 0) is 68.3 Å². The molecule has 140 valence electrons. The fourth-order valence-electron chi connectivity index (χ4n) is 3.10. The van der Waals surface area contributed by atoms with Crippen molar-refractivity contribution in [2.45, 2.75) is 33.7 Å². The number of hydrazone groups is 1. The summed E-state index contributed by atoms with van der Waals surface area (Å²) >= 11 is 0. The number of amides is 1. The van der Waals surface area contributed by atoms with Crippen LogP contribution in [0.25, 0.3) is 11.0 Å². The molecule has 0 atom stereocenters. The molecule has 3 rings (SSSR count). The SMILES string of the molecule is CC/C(=N/NC(=O)c1ccc2c(c1)nc(C)n2CC)c1ccc(OC)cc1. The summed E-state index contributed by atoms with van der Waals surface area (Å²) in [4.78, 5) is 17.1. The van der Waals surface area contributed by atoms with Crippen molar-refractivity contribution in [3.8, 4) is 5.75 Å². The number of aromatic nitrogens is 2. The molecule has 1 aromatic heterocycles. The second-order valence-electron chi connectivity index (χ2n) is 6.19. The highest BCUT2D eigenvalue weighted by Crippen LogP contribution is 2.18. The molecule has 0 aliphatic carbocycles. The van der Waals surface area contributed by atoms with Crippen LogP contribution in [0.1, 0.15) is 42.0 Å². The number of nitrogens with zero attached hydrogens (tertiary/aromatic N) is 3. The molecule has 1 amide bonds. The van der Waals surface area contributed by atoms with Gasteiger partial charge in [-0.25, -0.2) is 10.4 Å². The molecule has 0 aliphatic rings. The first-order chi connectivity index (χ1) is 13.1. The highest BCUT2D eigenvalue weighted by molar-refractivity contribution is 6.02. The van der Waals surface area contributed by atoms with E-state index in [0.717, 1.165) is 40.4 Å². The predicted octanol–water partition coefficient (Wildman–Crippen LogP) is 3.92. The number of fused-ring (bicyclic) bond motifs is 1. The van der Waals surface area contributed by atoms with Crippen LogP contribution < -0.4 is 10.2 Å². The Hall–Kier alpha value is -3.15. The number of carbonyl (C=O) groups excluding carboxylic acids is 1. The maximum absolute atomic E-state index is 12.5. The van der Waals surface area contributed by atoms with Crippen LogP contribution in [0.5, 0.6) is 5.75 Å². The first kappa shape index (κ1) is 18.6. The Labute approximate surface area is 158 Å². The number of hydrogen-bond donors (Lipinski definition) is 1. The summed E-state index contributed by atoms with van der Waals surface area (Å²) in [5.74, 6) is 1.48. The molecule has 0 saturated heterocycles. The van der Waals surface area contributed by atoms with Crippen molar-refractivity contribution in [1.82, 2.24) is 15.0 Å². The lowest BCUT2D eigenvalue weighted by Gasteiger charge is -2.07. The van der Waals surface area contributed by atoms with Crippen molar-refractivity contribution >= 4 is 22.7 Å². The topological polar surface area (TPSA) is 68.5 Å². The fourth-order valence-corrected chi connectivity index (χ4v) is 3.10. The Kier molecular flexibility index (Phi) is 5.54. The van der Waals surface area contributed by atoms with Crippen LogP contribution in [0, 0.1) is 6.92 Å². The van der Waals surface area contributed by atoms with E-state index in [2.05, 4.69) is 27.0 Å². The standard InChI is InChI=1S/C21H24N4O2/c1-5-18(15-7-10-17(27-4)11-8-15)23-24-21(26)16-9-12-20-19(13-16)22-14(3)25(20)6-2/h7-13H,5-6H2,1-4H3,(H,24,26)/b23-18-. The number of aryl methyl sites for hydroxylation is 2. The van der Waals surface area contributed by atoms with E-state index in [1.807, 2.05) is 44.2 Å². The molecule has 0 spiro atoms. The molecule has 1 heterocycles. The van der Waals surface area contributed by atoms with Crippen LogP contribution in [0.3, 0.4) is 0 Å². The quantitative estimate of drug-likeness (QED) is 0.532. The molecule has 0 aliphatic heterocycles. The second kappa shape index (κ2) is 8.03. The summed E-state index contributed by atoms with van der Waals surface area (Å²) in [5, 5.41) is 4.31. The van der Waals surface area contributed by atoms with Crippen molar-refractivity contribution in [3.05, 3.63) is 59.4 Å². The van der Waals surface area contributed by atoms with Gasteiger partial charge in [-0.2, -0.15) is 5.10 Å². The molecule has 1 N–H and O–H groups in total. The predicted molar refractivity (Wildman–Crippen MR) is 107 cm³/mol. The third-order valence-electron chi connectivity index (χ3n) is 4.57. The van der Waals surface area contributed by atoms with Gasteiger partial charge in [-0.1, -0.05) is 6.92 Å². The molecule has 0 saturated carbocycles. The maximum atomic E-state index is 12.5. The zero-order valence-electron chi connectivity index (χ0n) is 16.1. The van der Waals surface area contributed by atoms with Gasteiger partial charge in [-0.3, -0.25) is 4.79 Å². The molecule has 0 radical (unpaired) electrons. The number of nitrogens with one attached hydrogen (secondary N) is 1. The Bertz CT molecular complexity index is 987. The van der Waals surface area contributed by atoms with Crippen LogP contribution in [0.2, 0.25) is 0 Å². The lowest BCUT2D eigenvalue weighted by molar-refractivity contribution is 0.0955. The van der Waals surface area contributed by atoms with Crippen molar-refractivity contribution in [3.63, 3.8) is 0 Å². The van der Waals surface area contributed by atoms with E-state index in [0.29, 0.717) is 12.0 Å². The number of carbonyl (C=O) groups is 1. The van der Waals surface area contributed by atoms with Crippen molar-refractivity contribution < 1.29 is 9.53 Å². The van der Waals surface area contributed by atoms with Gasteiger partial charge in [0, 0.05) is 12.1 Å². The first-order valence-corrected chi connectivity index (χ1v) is 9.05.